The Morgan fingerprint density at radius 2 is 1.81 bits per heavy atom. The summed E-state index contributed by atoms with van der Waals surface area (Å²) in [5, 5.41) is 3.69. The van der Waals surface area contributed by atoms with E-state index in [1.165, 1.54) is 23.9 Å². The van der Waals surface area contributed by atoms with E-state index < -0.39 is 0 Å². The highest BCUT2D eigenvalue weighted by Gasteiger charge is 2.11. The molecule has 0 bridgehead atoms. The molecule has 110 valence electrons. The van der Waals surface area contributed by atoms with Gasteiger partial charge in [-0.1, -0.05) is 40.9 Å². The average molecular weight is 362 g/mol. The summed E-state index contributed by atoms with van der Waals surface area (Å²) in [4.78, 5) is 12.9. The minimum absolute atomic E-state index is 0.214. The van der Waals surface area contributed by atoms with Crippen molar-refractivity contribution in [1.82, 2.24) is 0 Å². The van der Waals surface area contributed by atoms with E-state index in [-0.39, 0.29) is 11.7 Å². The van der Waals surface area contributed by atoms with Crippen LogP contribution in [-0.4, -0.2) is 11.7 Å². The number of nitrogen functional groups attached to an aromatic ring is 1. The highest BCUT2D eigenvalue weighted by atomic mass is 35.5. The van der Waals surface area contributed by atoms with Crippen molar-refractivity contribution in [3.63, 3.8) is 0 Å². The largest absolute Gasteiger partial charge is 0.399 e. The molecule has 0 heterocycles. The van der Waals surface area contributed by atoms with Gasteiger partial charge in [-0.3, -0.25) is 4.79 Å². The third kappa shape index (κ3) is 4.71. The molecule has 0 aliphatic heterocycles. The number of nitrogens with two attached hydrogens (primary N) is 1. The Labute approximate surface area is 141 Å². The number of hydrogen-bond donors (Lipinski definition) is 2. The molecule has 1 amide bonds. The molecule has 0 saturated carbocycles. The van der Waals surface area contributed by atoms with Crippen LogP contribution in [0.2, 0.25) is 15.1 Å². The van der Waals surface area contributed by atoms with Gasteiger partial charge in [0.15, 0.2) is 0 Å². The van der Waals surface area contributed by atoms with Crippen LogP contribution in [0.5, 0.6) is 0 Å². The van der Waals surface area contributed by atoms with Gasteiger partial charge in [0.05, 0.1) is 21.5 Å². The van der Waals surface area contributed by atoms with E-state index >= 15 is 0 Å². The summed E-state index contributed by atoms with van der Waals surface area (Å²) in [7, 11) is 0. The lowest BCUT2D eigenvalue weighted by molar-refractivity contribution is -0.113. The van der Waals surface area contributed by atoms with Gasteiger partial charge in [0.2, 0.25) is 5.91 Å². The first-order valence-electron chi connectivity index (χ1n) is 5.88. The number of thioether (sulfide) groups is 1. The minimum Gasteiger partial charge on any atom is -0.399 e. The maximum atomic E-state index is 11.9. The van der Waals surface area contributed by atoms with Crippen LogP contribution in [-0.2, 0) is 4.79 Å². The van der Waals surface area contributed by atoms with Gasteiger partial charge in [-0.2, -0.15) is 0 Å². The molecule has 0 unspecified atom stereocenters. The zero-order valence-electron chi connectivity index (χ0n) is 10.7. The molecule has 0 radical (unpaired) electrons. The molecule has 7 heteroatoms. The van der Waals surface area contributed by atoms with Gasteiger partial charge < -0.3 is 11.1 Å². The van der Waals surface area contributed by atoms with Crippen molar-refractivity contribution in [3.8, 4) is 0 Å². The fourth-order valence-electron chi connectivity index (χ4n) is 1.59. The number of carbonyl (C=O) groups is 1. The molecule has 21 heavy (non-hydrogen) atoms. The summed E-state index contributed by atoms with van der Waals surface area (Å²) in [5.41, 5.74) is 6.70. The Morgan fingerprint density at radius 3 is 2.43 bits per heavy atom. The number of hydrogen-bond acceptors (Lipinski definition) is 3. The number of anilines is 2. The van der Waals surface area contributed by atoms with Gasteiger partial charge in [0, 0.05) is 15.6 Å². The van der Waals surface area contributed by atoms with E-state index in [4.69, 9.17) is 40.5 Å². The van der Waals surface area contributed by atoms with Crippen LogP contribution in [0.3, 0.4) is 0 Å². The second-order valence-corrected chi connectivity index (χ2v) is 6.45. The molecular formula is C14H11Cl3N2OS. The predicted molar refractivity (Wildman–Crippen MR) is 91.7 cm³/mol. The number of halogens is 3. The first-order chi connectivity index (χ1) is 9.95. The molecular weight excluding hydrogens is 351 g/mol. The van der Waals surface area contributed by atoms with E-state index in [0.717, 1.165) is 4.90 Å². The van der Waals surface area contributed by atoms with E-state index in [9.17, 15) is 4.79 Å². The second kappa shape index (κ2) is 7.27. The van der Waals surface area contributed by atoms with Crippen molar-refractivity contribution in [1.29, 1.82) is 0 Å². The second-order valence-electron chi connectivity index (χ2n) is 4.15. The van der Waals surface area contributed by atoms with Crippen LogP contribution >= 0.6 is 46.6 Å². The van der Waals surface area contributed by atoms with Crippen LogP contribution < -0.4 is 11.1 Å². The quantitative estimate of drug-likeness (QED) is 0.598. The van der Waals surface area contributed by atoms with Crippen LogP contribution in [0.1, 0.15) is 0 Å². The van der Waals surface area contributed by atoms with Crippen molar-refractivity contribution in [2.75, 3.05) is 16.8 Å². The molecule has 0 aliphatic rings. The van der Waals surface area contributed by atoms with Crippen molar-refractivity contribution in [2.24, 2.45) is 0 Å². The van der Waals surface area contributed by atoms with Gasteiger partial charge in [-0.05, 0) is 30.3 Å². The summed E-state index contributed by atoms with van der Waals surface area (Å²) in [6.45, 7) is 0. The molecule has 2 aromatic rings. The highest BCUT2D eigenvalue weighted by Crippen LogP contribution is 2.33. The van der Waals surface area contributed by atoms with E-state index in [1.54, 1.807) is 12.1 Å². The standard InChI is InChI=1S/C14H11Cl3N2OS/c15-8-4-11(16)14(12(17)5-8)19-13(20)7-21-10-3-1-2-9(18)6-10/h1-6H,7,18H2,(H,19,20). The highest BCUT2D eigenvalue weighted by molar-refractivity contribution is 8.00. The maximum absolute atomic E-state index is 11.9. The van der Waals surface area contributed by atoms with E-state index in [0.29, 0.717) is 26.4 Å². The molecule has 0 atom stereocenters. The molecule has 0 aromatic heterocycles. The Kier molecular flexibility index (Phi) is 5.65. The normalized spacial score (nSPS) is 10.4. The molecule has 0 saturated heterocycles. The lowest BCUT2D eigenvalue weighted by Gasteiger charge is -2.10. The number of carbonyl (C=O) groups excluding carboxylic acids is 1. The average Bonchev–Trinajstić information content (AvgIpc) is 2.40. The molecule has 3 nitrogen and oxygen atoms in total. The van der Waals surface area contributed by atoms with Gasteiger partial charge in [0.1, 0.15) is 0 Å². The summed E-state index contributed by atoms with van der Waals surface area (Å²) >= 11 is 19.2. The van der Waals surface area contributed by atoms with Crippen molar-refractivity contribution >= 4 is 63.8 Å². The first kappa shape index (κ1) is 16.3. The number of amides is 1. The predicted octanol–water partition coefficient (Wildman–Crippen LogP) is 4.96. The smallest absolute Gasteiger partial charge is 0.234 e. The third-order valence-electron chi connectivity index (χ3n) is 2.50. The Balaban J connectivity index is 1.99. The molecule has 0 spiro atoms. The molecule has 2 aromatic carbocycles. The monoisotopic (exact) mass is 360 g/mol. The minimum atomic E-state index is -0.214. The zero-order chi connectivity index (χ0) is 15.4. The lowest BCUT2D eigenvalue weighted by Crippen LogP contribution is -2.14. The van der Waals surface area contributed by atoms with E-state index in [1.807, 2.05) is 12.1 Å². The molecule has 3 N–H and O–H groups in total. The van der Waals surface area contributed by atoms with Crippen LogP contribution in [0.15, 0.2) is 41.3 Å². The fraction of sp³-hybridized carbons (Fsp3) is 0.0714. The van der Waals surface area contributed by atoms with Crippen molar-refractivity contribution in [3.05, 3.63) is 51.5 Å². The summed E-state index contributed by atoms with van der Waals surface area (Å²) in [5.74, 6) is 0.00666. The van der Waals surface area contributed by atoms with Gasteiger partial charge in [-0.15, -0.1) is 11.8 Å². The number of benzene rings is 2. The Hall–Kier alpha value is -1.07. The van der Waals surface area contributed by atoms with Gasteiger partial charge >= 0.3 is 0 Å². The lowest BCUT2D eigenvalue weighted by atomic mass is 10.3. The third-order valence-corrected chi connectivity index (χ3v) is 4.31. The van der Waals surface area contributed by atoms with E-state index in [2.05, 4.69) is 5.32 Å². The summed E-state index contributed by atoms with van der Waals surface area (Å²) in [6.07, 6.45) is 0. The first-order valence-corrected chi connectivity index (χ1v) is 8.00. The van der Waals surface area contributed by atoms with Crippen LogP contribution in [0, 0.1) is 0 Å². The maximum Gasteiger partial charge on any atom is 0.234 e. The number of rotatable bonds is 4. The zero-order valence-corrected chi connectivity index (χ0v) is 13.8. The number of nitrogens with one attached hydrogen (secondary N) is 1. The van der Waals surface area contributed by atoms with Crippen molar-refractivity contribution in [2.45, 2.75) is 4.90 Å². The fourth-order valence-corrected chi connectivity index (χ4v) is 3.27. The molecule has 2 rings (SSSR count). The molecule has 0 fully saturated rings. The SMILES string of the molecule is Nc1cccc(SCC(=O)Nc2c(Cl)cc(Cl)cc2Cl)c1. The van der Waals surface area contributed by atoms with Gasteiger partial charge in [-0.25, -0.2) is 0 Å². The van der Waals surface area contributed by atoms with Gasteiger partial charge in [0.25, 0.3) is 0 Å². The Morgan fingerprint density at radius 1 is 1.14 bits per heavy atom. The van der Waals surface area contributed by atoms with Crippen LogP contribution in [0.4, 0.5) is 11.4 Å². The Bertz CT molecular complexity index is 656. The topological polar surface area (TPSA) is 55.1 Å². The molecule has 0 aliphatic carbocycles. The van der Waals surface area contributed by atoms with Crippen LogP contribution in [0.25, 0.3) is 0 Å². The summed E-state index contributed by atoms with van der Waals surface area (Å²) in [6, 6.07) is 10.4. The van der Waals surface area contributed by atoms with Crippen molar-refractivity contribution < 1.29 is 4.79 Å². The summed E-state index contributed by atoms with van der Waals surface area (Å²) < 4.78 is 0.